The van der Waals surface area contributed by atoms with Crippen LogP contribution in [-0.4, -0.2) is 60.8 Å². The van der Waals surface area contributed by atoms with Crippen LogP contribution in [0.3, 0.4) is 0 Å². The summed E-state index contributed by atoms with van der Waals surface area (Å²) in [6, 6.07) is -1.08. The molecule has 3 fully saturated rings. The maximum Gasteiger partial charge on any atom is 0.186 e. The van der Waals surface area contributed by atoms with Gasteiger partial charge >= 0.3 is 0 Å². The summed E-state index contributed by atoms with van der Waals surface area (Å²) in [6.07, 6.45) is 8.97. The van der Waals surface area contributed by atoms with Crippen LogP contribution >= 0.6 is 0 Å². The van der Waals surface area contributed by atoms with Crippen LogP contribution in [-0.2, 0) is 9.59 Å². The Hall–Kier alpha value is -1.51. The van der Waals surface area contributed by atoms with E-state index in [2.05, 4.69) is 15.7 Å². The number of hydrazine groups is 1. The normalized spacial score (nSPS) is 30.4. The summed E-state index contributed by atoms with van der Waals surface area (Å²) >= 11 is 0. The van der Waals surface area contributed by atoms with E-state index in [1.165, 1.54) is 25.7 Å². The third-order valence-electron chi connectivity index (χ3n) is 6.33. The molecule has 3 rings (SSSR count). The lowest BCUT2D eigenvalue weighted by Gasteiger charge is -2.40. The highest BCUT2D eigenvalue weighted by atomic mass is 16.1. The van der Waals surface area contributed by atoms with Crippen molar-refractivity contribution in [2.24, 2.45) is 28.3 Å². The van der Waals surface area contributed by atoms with E-state index in [0.717, 1.165) is 38.8 Å². The second kappa shape index (κ2) is 9.61. The van der Waals surface area contributed by atoms with Crippen molar-refractivity contribution in [2.75, 3.05) is 19.6 Å². The zero-order valence-electron chi connectivity index (χ0n) is 16.1. The molecular weight excluding hydrogens is 344 g/mol. The molecule has 152 valence electrons. The molecule has 8 heteroatoms. The van der Waals surface area contributed by atoms with E-state index in [0.29, 0.717) is 24.7 Å². The molecule has 0 aromatic carbocycles. The number of rotatable bonds is 9. The summed E-state index contributed by atoms with van der Waals surface area (Å²) in [5.41, 5.74) is 14.4. The molecule has 1 saturated carbocycles. The molecule has 1 aliphatic carbocycles. The van der Waals surface area contributed by atoms with Crippen molar-refractivity contribution < 1.29 is 9.59 Å². The van der Waals surface area contributed by atoms with Crippen molar-refractivity contribution >= 4 is 18.0 Å². The summed E-state index contributed by atoms with van der Waals surface area (Å²) in [4.78, 5) is 28.7. The number of Topliss-reactive ketones (excluding diaryl/α,β-unsaturated/α-hetero) is 1. The number of hydrogen-bond acceptors (Lipinski definition) is 6. The van der Waals surface area contributed by atoms with Crippen LogP contribution in [0.4, 0.5) is 0 Å². The van der Waals surface area contributed by atoms with Gasteiger partial charge in [-0.25, -0.2) is 15.4 Å². The van der Waals surface area contributed by atoms with Crippen molar-refractivity contribution in [1.82, 2.24) is 15.8 Å². The highest BCUT2D eigenvalue weighted by Crippen LogP contribution is 2.35. The maximum atomic E-state index is 13.1. The fraction of sp³-hybridized carbons (Fsp3) is 0.842. The number of hydrogen-bond donors (Lipinski definition) is 4. The fourth-order valence-corrected chi connectivity index (χ4v) is 4.62. The molecule has 8 nitrogen and oxygen atoms in total. The van der Waals surface area contributed by atoms with E-state index < -0.39 is 6.04 Å². The van der Waals surface area contributed by atoms with Gasteiger partial charge in [-0.2, -0.15) is 0 Å². The van der Waals surface area contributed by atoms with Gasteiger partial charge in [0.2, 0.25) is 0 Å². The lowest BCUT2D eigenvalue weighted by molar-refractivity contribution is -0.124. The molecule has 3 aliphatic rings. The Balaban J connectivity index is 1.56. The minimum Gasteiger partial charge on any atom is -0.370 e. The SMILES string of the molecule is NC(N)=NC(CC[C@@H](C=O)NN1CCC1)C(=O)[C@@H]1C[C@H]2CCCC[C@H]2CN1. The Kier molecular flexibility index (Phi) is 7.20. The Bertz CT molecular complexity index is 546. The van der Waals surface area contributed by atoms with E-state index >= 15 is 0 Å². The van der Waals surface area contributed by atoms with Gasteiger partial charge < -0.3 is 21.6 Å². The molecule has 2 heterocycles. The van der Waals surface area contributed by atoms with E-state index in [-0.39, 0.29) is 23.8 Å². The number of carbonyl (C=O) groups is 2. The van der Waals surface area contributed by atoms with Gasteiger partial charge in [-0.1, -0.05) is 19.3 Å². The Morgan fingerprint density at radius 3 is 2.56 bits per heavy atom. The number of aliphatic imine (C=N–C) groups is 1. The molecule has 0 amide bonds. The zero-order valence-corrected chi connectivity index (χ0v) is 16.1. The van der Waals surface area contributed by atoms with Crippen LogP contribution in [0.2, 0.25) is 0 Å². The molecule has 0 aromatic heterocycles. The molecule has 1 unspecified atom stereocenters. The zero-order chi connectivity index (χ0) is 19.2. The third kappa shape index (κ3) is 5.49. The second-order valence-electron chi connectivity index (χ2n) is 8.26. The van der Waals surface area contributed by atoms with Crippen molar-refractivity contribution in [2.45, 2.75) is 69.5 Å². The molecule has 0 spiro atoms. The topological polar surface area (TPSA) is 126 Å². The summed E-state index contributed by atoms with van der Waals surface area (Å²) < 4.78 is 0. The van der Waals surface area contributed by atoms with Gasteiger partial charge in [0.05, 0.1) is 12.1 Å². The highest BCUT2D eigenvalue weighted by Gasteiger charge is 2.37. The van der Waals surface area contributed by atoms with E-state index in [1.54, 1.807) is 0 Å². The number of nitrogens with one attached hydrogen (secondary N) is 2. The van der Waals surface area contributed by atoms with Gasteiger partial charge in [0, 0.05) is 13.1 Å². The number of carbonyl (C=O) groups excluding carboxylic acids is 2. The number of aldehydes is 1. The minimum atomic E-state index is -0.590. The lowest BCUT2D eigenvalue weighted by Crippen LogP contribution is -2.53. The number of guanidine groups is 1. The molecule has 2 saturated heterocycles. The second-order valence-corrected chi connectivity index (χ2v) is 8.26. The number of ketones is 1. The van der Waals surface area contributed by atoms with Gasteiger partial charge in [0.1, 0.15) is 12.3 Å². The monoisotopic (exact) mass is 378 g/mol. The predicted octanol–water partition coefficient (Wildman–Crippen LogP) is -0.0762. The first kappa shape index (κ1) is 20.2. The summed E-state index contributed by atoms with van der Waals surface area (Å²) in [7, 11) is 0. The molecule has 0 aromatic rings. The fourth-order valence-electron chi connectivity index (χ4n) is 4.62. The first-order chi connectivity index (χ1) is 13.1. The van der Waals surface area contributed by atoms with Gasteiger partial charge in [-0.05, 0) is 50.5 Å². The first-order valence-corrected chi connectivity index (χ1v) is 10.4. The number of nitrogens with zero attached hydrogens (tertiary/aromatic N) is 2. The highest BCUT2D eigenvalue weighted by molar-refractivity contribution is 5.91. The molecule has 0 bridgehead atoms. The Morgan fingerprint density at radius 1 is 1.19 bits per heavy atom. The molecule has 5 atom stereocenters. The van der Waals surface area contributed by atoms with Gasteiger partial charge in [0.25, 0.3) is 0 Å². The third-order valence-corrected chi connectivity index (χ3v) is 6.33. The largest absolute Gasteiger partial charge is 0.370 e. The van der Waals surface area contributed by atoms with E-state index in [4.69, 9.17) is 11.5 Å². The average Bonchev–Trinajstić information content (AvgIpc) is 2.64. The number of fused-ring (bicyclic) bond motifs is 1. The number of piperidine rings is 1. The smallest absolute Gasteiger partial charge is 0.186 e. The van der Waals surface area contributed by atoms with Crippen molar-refractivity contribution in [3.8, 4) is 0 Å². The van der Waals surface area contributed by atoms with Gasteiger partial charge in [0.15, 0.2) is 11.7 Å². The quantitative estimate of drug-likeness (QED) is 0.251. The first-order valence-electron chi connectivity index (χ1n) is 10.4. The standard InChI is InChI=1S/C19H34N6O2/c20-19(21)23-16(7-6-15(12-26)24-25-8-3-9-25)18(27)17-10-13-4-1-2-5-14(13)11-22-17/h12-17,22,24H,1-11H2,(H4,20,21,23)/t13-,14+,15+,16?,17+/m1/s1. The minimum absolute atomic E-state index is 0.0565. The Labute approximate surface area is 161 Å². The number of nitrogens with two attached hydrogens (primary N) is 2. The predicted molar refractivity (Wildman–Crippen MR) is 105 cm³/mol. The maximum absolute atomic E-state index is 13.1. The van der Waals surface area contributed by atoms with Crippen LogP contribution in [0.15, 0.2) is 4.99 Å². The van der Waals surface area contributed by atoms with Gasteiger partial charge in [-0.15, -0.1) is 0 Å². The van der Waals surface area contributed by atoms with Gasteiger partial charge in [-0.3, -0.25) is 4.79 Å². The molecule has 27 heavy (non-hydrogen) atoms. The van der Waals surface area contributed by atoms with Crippen LogP contribution in [0.25, 0.3) is 0 Å². The van der Waals surface area contributed by atoms with Crippen molar-refractivity contribution in [1.29, 1.82) is 0 Å². The van der Waals surface area contributed by atoms with Crippen LogP contribution in [0.1, 0.15) is 51.4 Å². The summed E-state index contributed by atoms with van der Waals surface area (Å²) in [6.45, 7) is 2.81. The molecular formula is C19H34N6O2. The van der Waals surface area contributed by atoms with Crippen LogP contribution in [0, 0.1) is 11.8 Å². The van der Waals surface area contributed by atoms with Crippen molar-refractivity contribution in [3.05, 3.63) is 0 Å². The molecule has 0 radical (unpaired) electrons. The van der Waals surface area contributed by atoms with E-state index in [9.17, 15) is 9.59 Å². The summed E-state index contributed by atoms with van der Waals surface area (Å²) in [5, 5.41) is 5.46. The lowest BCUT2D eigenvalue weighted by atomic mass is 9.72. The van der Waals surface area contributed by atoms with E-state index in [1.807, 2.05) is 5.01 Å². The molecule has 2 aliphatic heterocycles. The Morgan fingerprint density at radius 2 is 1.93 bits per heavy atom. The van der Waals surface area contributed by atoms with Crippen LogP contribution in [0.5, 0.6) is 0 Å². The summed E-state index contributed by atoms with van der Waals surface area (Å²) in [5.74, 6) is 1.31. The average molecular weight is 379 g/mol. The molecule has 6 N–H and O–H groups in total. The van der Waals surface area contributed by atoms with Crippen LogP contribution < -0.4 is 22.2 Å². The van der Waals surface area contributed by atoms with Crippen molar-refractivity contribution in [3.63, 3.8) is 0 Å².